The van der Waals surface area contributed by atoms with Crippen molar-refractivity contribution in [3.05, 3.63) is 62.5 Å². The lowest BCUT2D eigenvalue weighted by atomic mass is 10.2. The van der Waals surface area contributed by atoms with Crippen LogP contribution in [0.2, 0.25) is 10.0 Å². The molecule has 2 aromatic rings. The molecule has 3 amide bonds. The molecule has 1 N–H and O–H groups in total. The molecule has 7 heteroatoms. The van der Waals surface area contributed by atoms with Crippen LogP contribution in [-0.4, -0.2) is 21.4 Å². The van der Waals surface area contributed by atoms with Gasteiger partial charge in [-0.25, -0.2) is 4.79 Å². The van der Waals surface area contributed by atoms with Crippen molar-refractivity contribution >= 4 is 41.2 Å². The van der Waals surface area contributed by atoms with E-state index >= 15 is 0 Å². The second-order valence-corrected chi connectivity index (χ2v) is 7.03. The zero-order valence-corrected chi connectivity index (χ0v) is 16.3. The topological polar surface area (TPSA) is 54.3 Å². The van der Waals surface area contributed by atoms with Gasteiger partial charge < -0.3 is 9.88 Å². The van der Waals surface area contributed by atoms with Crippen molar-refractivity contribution in [3.8, 4) is 0 Å². The van der Waals surface area contributed by atoms with E-state index in [-0.39, 0.29) is 18.1 Å². The lowest BCUT2D eigenvalue weighted by molar-refractivity contribution is -0.123. The summed E-state index contributed by atoms with van der Waals surface area (Å²) in [5.41, 5.74) is 4.00. The van der Waals surface area contributed by atoms with E-state index in [2.05, 4.69) is 16.8 Å². The minimum absolute atomic E-state index is 0.0893. The molecule has 2 heterocycles. The molecule has 0 spiro atoms. The maximum absolute atomic E-state index is 12.7. The number of aromatic nitrogens is 1. The van der Waals surface area contributed by atoms with Crippen LogP contribution in [0.3, 0.4) is 0 Å². The summed E-state index contributed by atoms with van der Waals surface area (Å²) in [5, 5.41) is 3.57. The van der Waals surface area contributed by atoms with Crippen molar-refractivity contribution in [2.45, 2.75) is 33.9 Å². The van der Waals surface area contributed by atoms with Crippen molar-refractivity contribution in [1.82, 2.24) is 14.8 Å². The molecule has 0 saturated carbocycles. The zero-order valence-electron chi connectivity index (χ0n) is 14.8. The van der Waals surface area contributed by atoms with Gasteiger partial charge in [0.15, 0.2) is 0 Å². The Hall–Kier alpha value is -2.24. The summed E-state index contributed by atoms with van der Waals surface area (Å²) in [7, 11) is 0. The quantitative estimate of drug-likeness (QED) is 0.614. The molecule has 26 heavy (non-hydrogen) atoms. The van der Waals surface area contributed by atoms with Crippen LogP contribution in [0.4, 0.5) is 4.79 Å². The van der Waals surface area contributed by atoms with Crippen LogP contribution >= 0.6 is 23.2 Å². The first-order chi connectivity index (χ1) is 12.3. The zero-order chi connectivity index (χ0) is 19.0. The molecule has 1 saturated heterocycles. The lowest BCUT2D eigenvalue weighted by Gasteiger charge is -2.13. The van der Waals surface area contributed by atoms with Crippen LogP contribution in [0, 0.1) is 13.8 Å². The molecule has 1 fully saturated rings. The van der Waals surface area contributed by atoms with Crippen LogP contribution in [0.25, 0.3) is 6.08 Å². The third kappa shape index (κ3) is 3.37. The van der Waals surface area contributed by atoms with E-state index in [9.17, 15) is 9.59 Å². The Morgan fingerprint density at radius 2 is 1.88 bits per heavy atom. The molecule has 0 atom stereocenters. The standard InChI is InChI=1S/C19H19Cl2N3O2/c1-4-23-11(2)7-14(12(23)3)8-17-18(25)24(19(26)22-17)10-13-5-6-15(20)9-16(13)21/h5-9H,4,10H2,1-3H3,(H,22,26). The van der Waals surface area contributed by atoms with Gasteiger partial charge in [0.2, 0.25) is 0 Å². The number of urea groups is 1. The highest BCUT2D eigenvalue weighted by Gasteiger charge is 2.34. The normalized spacial score (nSPS) is 15.9. The van der Waals surface area contributed by atoms with E-state index in [1.165, 1.54) is 0 Å². The minimum Gasteiger partial charge on any atom is -0.349 e. The van der Waals surface area contributed by atoms with E-state index in [1.807, 2.05) is 19.9 Å². The lowest BCUT2D eigenvalue weighted by Crippen LogP contribution is -2.30. The van der Waals surface area contributed by atoms with Gasteiger partial charge in [0.1, 0.15) is 5.70 Å². The predicted octanol–water partition coefficient (Wildman–Crippen LogP) is 4.52. The Labute approximate surface area is 162 Å². The molecule has 1 aromatic heterocycles. The van der Waals surface area contributed by atoms with E-state index in [0.29, 0.717) is 15.6 Å². The van der Waals surface area contributed by atoms with Crippen molar-refractivity contribution in [2.24, 2.45) is 0 Å². The Morgan fingerprint density at radius 3 is 2.50 bits per heavy atom. The average molecular weight is 392 g/mol. The Bertz CT molecular complexity index is 931. The number of hydrogen-bond acceptors (Lipinski definition) is 2. The van der Waals surface area contributed by atoms with E-state index in [0.717, 1.165) is 28.4 Å². The van der Waals surface area contributed by atoms with Crippen molar-refractivity contribution in [2.75, 3.05) is 0 Å². The average Bonchev–Trinajstić information content (AvgIpc) is 3.00. The number of carbonyl (C=O) groups is 2. The first-order valence-corrected chi connectivity index (χ1v) is 9.02. The SMILES string of the molecule is CCn1c(C)cc(C=C2NC(=O)N(Cc3ccc(Cl)cc3Cl)C2=O)c1C. The molecule has 5 nitrogen and oxygen atoms in total. The fourth-order valence-corrected chi connectivity index (χ4v) is 3.62. The number of halogens is 2. The fraction of sp³-hybridized carbons (Fsp3) is 0.263. The monoisotopic (exact) mass is 391 g/mol. The van der Waals surface area contributed by atoms with Crippen molar-refractivity contribution in [3.63, 3.8) is 0 Å². The highest BCUT2D eigenvalue weighted by Crippen LogP contribution is 2.25. The Balaban J connectivity index is 1.87. The van der Waals surface area contributed by atoms with Gasteiger partial charge in [-0.2, -0.15) is 0 Å². The minimum atomic E-state index is -0.462. The summed E-state index contributed by atoms with van der Waals surface area (Å²) in [6, 6.07) is 6.52. The predicted molar refractivity (Wildman–Crippen MR) is 103 cm³/mol. The summed E-state index contributed by atoms with van der Waals surface area (Å²) in [6.07, 6.45) is 1.72. The number of benzene rings is 1. The third-order valence-electron chi connectivity index (χ3n) is 4.53. The molecule has 3 rings (SSSR count). The highest BCUT2D eigenvalue weighted by atomic mass is 35.5. The van der Waals surface area contributed by atoms with Crippen molar-refractivity contribution in [1.29, 1.82) is 0 Å². The fourth-order valence-electron chi connectivity index (χ4n) is 3.15. The molecule has 0 bridgehead atoms. The molecule has 1 aliphatic rings. The van der Waals surface area contributed by atoms with Crippen LogP contribution in [0.5, 0.6) is 0 Å². The number of nitrogens with one attached hydrogen (secondary N) is 1. The first kappa shape index (κ1) is 18.5. The molecule has 0 radical (unpaired) electrons. The van der Waals surface area contributed by atoms with Crippen molar-refractivity contribution < 1.29 is 9.59 Å². The largest absolute Gasteiger partial charge is 0.349 e. The van der Waals surface area contributed by atoms with Crippen LogP contribution in [0.1, 0.15) is 29.4 Å². The summed E-state index contributed by atoms with van der Waals surface area (Å²) < 4.78 is 2.15. The maximum atomic E-state index is 12.7. The summed E-state index contributed by atoms with van der Waals surface area (Å²) in [5.74, 6) is -0.373. The van der Waals surface area contributed by atoms with Gasteiger partial charge in [0.25, 0.3) is 5.91 Å². The molecule has 136 valence electrons. The van der Waals surface area contributed by atoms with Gasteiger partial charge >= 0.3 is 6.03 Å². The number of imide groups is 1. The van der Waals surface area contributed by atoms with Gasteiger partial charge in [-0.05, 0) is 56.2 Å². The van der Waals surface area contributed by atoms with E-state index < -0.39 is 6.03 Å². The van der Waals surface area contributed by atoms with Crippen LogP contribution < -0.4 is 5.32 Å². The number of nitrogens with zero attached hydrogens (tertiary/aromatic N) is 2. The Kier molecular flexibility index (Phi) is 5.12. The second-order valence-electron chi connectivity index (χ2n) is 6.19. The number of rotatable bonds is 4. The van der Waals surface area contributed by atoms with Gasteiger partial charge in [-0.1, -0.05) is 29.3 Å². The highest BCUT2D eigenvalue weighted by molar-refractivity contribution is 6.35. The number of aryl methyl sites for hydroxylation is 1. The summed E-state index contributed by atoms with van der Waals surface area (Å²) in [4.78, 5) is 26.1. The summed E-state index contributed by atoms with van der Waals surface area (Å²) >= 11 is 12.0. The van der Waals surface area contributed by atoms with Gasteiger partial charge in [-0.3, -0.25) is 9.69 Å². The molecule has 0 unspecified atom stereocenters. The molecule has 1 aromatic carbocycles. The van der Waals surface area contributed by atoms with E-state index in [1.54, 1.807) is 24.3 Å². The molecule has 1 aliphatic heterocycles. The van der Waals surface area contributed by atoms with Gasteiger partial charge in [0, 0.05) is 28.0 Å². The number of carbonyl (C=O) groups excluding carboxylic acids is 2. The molecular weight excluding hydrogens is 373 g/mol. The van der Waals surface area contributed by atoms with Gasteiger partial charge in [0.05, 0.1) is 6.54 Å². The smallest absolute Gasteiger partial charge is 0.329 e. The number of hydrogen-bond donors (Lipinski definition) is 1. The van der Waals surface area contributed by atoms with E-state index in [4.69, 9.17) is 23.2 Å². The Morgan fingerprint density at radius 1 is 1.15 bits per heavy atom. The van der Waals surface area contributed by atoms with Gasteiger partial charge in [-0.15, -0.1) is 0 Å². The molecule has 0 aliphatic carbocycles. The third-order valence-corrected chi connectivity index (χ3v) is 5.12. The molecular formula is C19H19Cl2N3O2. The maximum Gasteiger partial charge on any atom is 0.329 e. The van der Waals surface area contributed by atoms with Crippen LogP contribution in [-0.2, 0) is 17.9 Å². The van der Waals surface area contributed by atoms with Crippen LogP contribution in [0.15, 0.2) is 30.0 Å². The summed E-state index contributed by atoms with van der Waals surface area (Å²) in [6.45, 7) is 7.02. The second kappa shape index (κ2) is 7.17. The number of amides is 3. The first-order valence-electron chi connectivity index (χ1n) is 8.27.